The summed E-state index contributed by atoms with van der Waals surface area (Å²) in [5, 5.41) is 4.01. The van der Waals surface area contributed by atoms with E-state index in [1.165, 1.54) is 18.5 Å². The molecule has 0 amide bonds. The number of aromatic nitrogens is 2. The minimum Gasteiger partial charge on any atom is -0.498 e. The molecule has 0 saturated carbocycles. The Labute approximate surface area is 180 Å². The molecule has 0 atom stereocenters. The van der Waals surface area contributed by atoms with Crippen molar-refractivity contribution in [1.29, 1.82) is 0 Å². The molecule has 6 nitrogen and oxygen atoms in total. The molecule has 0 spiro atoms. The zero-order chi connectivity index (χ0) is 22.1. The second-order valence-electron chi connectivity index (χ2n) is 6.34. The molecule has 0 bridgehead atoms. The van der Waals surface area contributed by atoms with Crippen LogP contribution in [-0.4, -0.2) is 36.6 Å². The maximum absolute atomic E-state index is 14.3. The van der Waals surface area contributed by atoms with Crippen molar-refractivity contribution in [1.82, 2.24) is 9.97 Å². The summed E-state index contributed by atoms with van der Waals surface area (Å²) < 4.78 is 19.6. The first-order valence-corrected chi connectivity index (χ1v) is 9.49. The van der Waals surface area contributed by atoms with Gasteiger partial charge < -0.3 is 10.1 Å². The number of anilines is 1. The Hall–Kier alpha value is -4.13. The van der Waals surface area contributed by atoms with Crippen molar-refractivity contribution in [2.75, 3.05) is 18.5 Å². The lowest BCUT2D eigenvalue weighted by atomic mass is 10.0. The van der Waals surface area contributed by atoms with Gasteiger partial charge in [0.05, 0.1) is 18.3 Å². The molecule has 1 aromatic heterocycles. The van der Waals surface area contributed by atoms with E-state index in [2.05, 4.69) is 45.3 Å². The van der Waals surface area contributed by atoms with E-state index in [4.69, 9.17) is 4.74 Å². The van der Waals surface area contributed by atoms with Crippen molar-refractivity contribution in [2.45, 2.75) is 0 Å². The lowest BCUT2D eigenvalue weighted by Crippen LogP contribution is -2.10. The normalized spacial score (nSPS) is 11.5. The van der Waals surface area contributed by atoms with Crippen LogP contribution in [0.15, 0.2) is 83.8 Å². The van der Waals surface area contributed by atoms with E-state index in [9.17, 15) is 4.39 Å². The van der Waals surface area contributed by atoms with E-state index in [0.29, 0.717) is 41.4 Å². The molecular formula is C24H22FN5O. The van der Waals surface area contributed by atoms with E-state index in [1.807, 2.05) is 18.2 Å². The zero-order valence-corrected chi connectivity index (χ0v) is 17.0. The third-order valence-corrected chi connectivity index (χ3v) is 4.36. The predicted octanol–water partition coefficient (Wildman–Crippen LogP) is 5.26. The van der Waals surface area contributed by atoms with Gasteiger partial charge in [-0.1, -0.05) is 36.9 Å². The number of benzene rings is 2. The van der Waals surface area contributed by atoms with E-state index in [0.717, 1.165) is 10.9 Å². The molecule has 31 heavy (non-hydrogen) atoms. The zero-order valence-electron chi connectivity index (χ0n) is 17.0. The van der Waals surface area contributed by atoms with Gasteiger partial charge in [-0.25, -0.2) is 14.4 Å². The van der Waals surface area contributed by atoms with Crippen LogP contribution < -0.4 is 5.32 Å². The average molecular weight is 415 g/mol. The fourth-order valence-electron chi connectivity index (χ4n) is 2.94. The summed E-state index contributed by atoms with van der Waals surface area (Å²) in [7, 11) is 0. The van der Waals surface area contributed by atoms with Crippen molar-refractivity contribution in [2.24, 2.45) is 9.98 Å². The van der Waals surface area contributed by atoms with Crippen LogP contribution in [0.5, 0.6) is 0 Å². The molecule has 0 fully saturated rings. The Morgan fingerprint density at radius 2 is 1.97 bits per heavy atom. The Kier molecular flexibility index (Phi) is 7.37. The lowest BCUT2D eigenvalue weighted by molar-refractivity contribution is 0.262. The molecular weight excluding hydrogens is 393 g/mol. The molecule has 3 aromatic rings. The SMILES string of the molecule is C=C/C(=C\N=C)c1nc(NCCO/C=C\N=C)c2cc(-c3ccccc3F)ccc2n1. The van der Waals surface area contributed by atoms with Gasteiger partial charge in [-0.15, -0.1) is 0 Å². The number of rotatable bonds is 10. The summed E-state index contributed by atoms with van der Waals surface area (Å²) in [5.41, 5.74) is 2.57. The number of halogens is 1. The minimum atomic E-state index is -0.293. The van der Waals surface area contributed by atoms with Crippen molar-refractivity contribution in [3.8, 4) is 11.1 Å². The number of hydrogen-bond donors (Lipinski definition) is 1. The molecule has 0 aliphatic rings. The van der Waals surface area contributed by atoms with E-state index >= 15 is 0 Å². The van der Waals surface area contributed by atoms with Crippen LogP contribution in [0.1, 0.15) is 5.82 Å². The van der Waals surface area contributed by atoms with Crippen LogP contribution in [0.25, 0.3) is 27.6 Å². The number of nitrogens with one attached hydrogen (secondary N) is 1. The maximum atomic E-state index is 14.3. The van der Waals surface area contributed by atoms with Gasteiger partial charge in [-0.2, -0.15) is 0 Å². The third-order valence-electron chi connectivity index (χ3n) is 4.36. The maximum Gasteiger partial charge on any atom is 0.163 e. The van der Waals surface area contributed by atoms with Gasteiger partial charge in [0.1, 0.15) is 24.5 Å². The van der Waals surface area contributed by atoms with E-state index in [-0.39, 0.29) is 5.82 Å². The summed E-state index contributed by atoms with van der Waals surface area (Å²) in [6, 6.07) is 12.2. The van der Waals surface area contributed by atoms with Gasteiger partial charge in [0.15, 0.2) is 5.82 Å². The molecule has 1 heterocycles. The molecule has 156 valence electrons. The molecule has 0 unspecified atom stereocenters. The molecule has 2 aromatic carbocycles. The number of ether oxygens (including phenoxy) is 1. The quantitative estimate of drug-likeness (QED) is 0.212. The Balaban J connectivity index is 2.04. The Morgan fingerprint density at radius 1 is 1.13 bits per heavy atom. The first kappa shape index (κ1) is 21.6. The summed E-state index contributed by atoms with van der Waals surface area (Å²) in [6.45, 7) is 11.5. The fraction of sp³-hybridized carbons (Fsp3) is 0.0833. The number of nitrogens with zero attached hydrogens (tertiary/aromatic N) is 4. The molecule has 3 rings (SSSR count). The summed E-state index contributed by atoms with van der Waals surface area (Å²) >= 11 is 0. The minimum absolute atomic E-state index is 0.293. The number of aliphatic imine (C=N–C) groups is 2. The number of fused-ring (bicyclic) bond motifs is 1. The highest BCUT2D eigenvalue weighted by Crippen LogP contribution is 2.30. The second kappa shape index (κ2) is 10.6. The highest BCUT2D eigenvalue weighted by Gasteiger charge is 2.12. The van der Waals surface area contributed by atoms with Crippen LogP contribution in [0.4, 0.5) is 10.2 Å². The summed E-state index contributed by atoms with van der Waals surface area (Å²) in [5.74, 6) is 0.746. The van der Waals surface area contributed by atoms with Gasteiger partial charge in [0.2, 0.25) is 0 Å². The molecule has 0 aliphatic carbocycles. The first-order chi connectivity index (χ1) is 15.2. The average Bonchev–Trinajstić information content (AvgIpc) is 2.79. The molecule has 7 heteroatoms. The van der Waals surface area contributed by atoms with Gasteiger partial charge in [-0.05, 0) is 37.2 Å². The largest absolute Gasteiger partial charge is 0.498 e. The van der Waals surface area contributed by atoms with Crippen LogP contribution in [0.2, 0.25) is 0 Å². The van der Waals surface area contributed by atoms with Crippen LogP contribution in [0, 0.1) is 5.82 Å². The van der Waals surface area contributed by atoms with E-state index in [1.54, 1.807) is 30.5 Å². The van der Waals surface area contributed by atoms with Gasteiger partial charge in [0.25, 0.3) is 0 Å². The third kappa shape index (κ3) is 5.27. The number of hydrogen-bond acceptors (Lipinski definition) is 6. The molecule has 1 N–H and O–H groups in total. The van der Waals surface area contributed by atoms with Crippen LogP contribution in [0.3, 0.4) is 0 Å². The van der Waals surface area contributed by atoms with Crippen molar-refractivity contribution >= 4 is 35.7 Å². The highest BCUT2D eigenvalue weighted by molar-refractivity contribution is 5.94. The predicted molar refractivity (Wildman–Crippen MR) is 126 cm³/mol. The van der Waals surface area contributed by atoms with Gasteiger partial charge in [0, 0.05) is 22.7 Å². The Morgan fingerprint density at radius 3 is 2.71 bits per heavy atom. The highest BCUT2D eigenvalue weighted by atomic mass is 19.1. The van der Waals surface area contributed by atoms with Gasteiger partial charge >= 0.3 is 0 Å². The first-order valence-electron chi connectivity index (χ1n) is 9.49. The van der Waals surface area contributed by atoms with Crippen LogP contribution in [-0.2, 0) is 4.74 Å². The Bertz CT molecular complexity index is 1170. The lowest BCUT2D eigenvalue weighted by Gasteiger charge is -2.13. The smallest absolute Gasteiger partial charge is 0.163 e. The standard InChI is InChI=1S/C24H22FN5O/c1-4-17(16-27-3)23-29-22-10-9-18(19-7-5-6-8-21(19)25)15-20(22)24(30-23)28-12-14-31-13-11-26-2/h4-11,13,15-16H,1-3,12,14H2,(H,28,29,30)/b13-11-,17-16+. The fourth-order valence-corrected chi connectivity index (χ4v) is 2.94. The molecule has 0 radical (unpaired) electrons. The van der Waals surface area contributed by atoms with Gasteiger partial charge in [-0.3, -0.25) is 9.98 Å². The topological polar surface area (TPSA) is 71.8 Å². The van der Waals surface area contributed by atoms with Crippen molar-refractivity contribution in [3.05, 3.63) is 85.4 Å². The van der Waals surface area contributed by atoms with Crippen molar-refractivity contribution < 1.29 is 9.13 Å². The van der Waals surface area contributed by atoms with E-state index < -0.39 is 0 Å². The molecule has 0 aliphatic heterocycles. The molecule has 0 saturated heterocycles. The summed E-state index contributed by atoms with van der Waals surface area (Å²) in [4.78, 5) is 16.6. The number of allylic oxidation sites excluding steroid dienone is 2. The van der Waals surface area contributed by atoms with Crippen LogP contribution >= 0.6 is 0 Å². The summed E-state index contributed by atoms with van der Waals surface area (Å²) in [6.07, 6.45) is 6.08. The second-order valence-corrected chi connectivity index (χ2v) is 6.34. The van der Waals surface area contributed by atoms with Crippen molar-refractivity contribution in [3.63, 3.8) is 0 Å². The monoisotopic (exact) mass is 415 g/mol.